The van der Waals surface area contributed by atoms with Gasteiger partial charge in [-0.05, 0) is 46.1 Å². The molecule has 1 aliphatic carbocycles. The molecule has 3 N–H and O–H groups in total. The van der Waals surface area contributed by atoms with Crippen molar-refractivity contribution in [2.24, 2.45) is 5.92 Å². The summed E-state index contributed by atoms with van der Waals surface area (Å²) in [5.41, 5.74) is 0. The standard InChI is InChI=1S/C11H22N2O2/c1-7(2)13-11(15)8(3)12-6-9-4-10(14)5-9/h7-10,12,14H,4-6H2,1-3H3,(H,13,15). The Bertz CT molecular complexity index is 213. The van der Waals surface area contributed by atoms with Gasteiger partial charge in [0.1, 0.15) is 0 Å². The molecule has 1 rings (SSSR count). The third-order valence-electron chi connectivity index (χ3n) is 2.75. The molecular formula is C11H22N2O2. The summed E-state index contributed by atoms with van der Waals surface area (Å²) in [5, 5.41) is 15.2. The average Bonchev–Trinajstić information content (AvgIpc) is 2.08. The summed E-state index contributed by atoms with van der Waals surface area (Å²) in [6.45, 7) is 6.59. The van der Waals surface area contributed by atoms with Gasteiger partial charge in [-0.3, -0.25) is 4.79 Å². The molecule has 0 heterocycles. The van der Waals surface area contributed by atoms with E-state index in [0.717, 1.165) is 19.4 Å². The highest BCUT2D eigenvalue weighted by Crippen LogP contribution is 2.26. The van der Waals surface area contributed by atoms with Gasteiger partial charge in [0.2, 0.25) is 5.91 Å². The van der Waals surface area contributed by atoms with Crippen molar-refractivity contribution >= 4 is 5.91 Å². The molecule has 88 valence electrons. The first-order valence-electron chi connectivity index (χ1n) is 5.71. The van der Waals surface area contributed by atoms with Crippen molar-refractivity contribution in [3.05, 3.63) is 0 Å². The fourth-order valence-corrected chi connectivity index (χ4v) is 1.71. The van der Waals surface area contributed by atoms with Crippen LogP contribution < -0.4 is 10.6 Å². The molecule has 0 bridgehead atoms. The Hall–Kier alpha value is -0.610. The Morgan fingerprint density at radius 3 is 2.47 bits per heavy atom. The van der Waals surface area contributed by atoms with Gasteiger partial charge >= 0.3 is 0 Å². The van der Waals surface area contributed by atoms with Crippen LogP contribution in [0.25, 0.3) is 0 Å². The highest BCUT2D eigenvalue weighted by Gasteiger charge is 2.27. The van der Waals surface area contributed by atoms with E-state index in [0.29, 0.717) is 5.92 Å². The zero-order chi connectivity index (χ0) is 11.4. The van der Waals surface area contributed by atoms with Crippen LogP contribution in [0.3, 0.4) is 0 Å². The van der Waals surface area contributed by atoms with Crippen molar-refractivity contribution < 1.29 is 9.90 Å². The minimum atomic E-state index is -0.148. The van der Waals surface area contributed by atoms with E-state index >= 15 is 0 Å². The van der Waals surface area contributed by atoms with E-state index in [1.165, 1.54) is 0 Å². The van der Waals surface area contributed by atoms with Gasteiger partial charge in [0.25, 0.3) is 0 Å². The molecule has 1 saturated carbocycles. The average molecular weight is 214 g/mol. The lowest BCUT2D eigenvalue weighted by Gasteiger charge is -2.32. The van der Waals surface area contributed by atoms with E-state index < -0.39 is 0 Å². The third-order valence-corrected chi connectivity index (χ3v) is 2.75. The minimum absolute atomic E-state index is 0.0462. The van der Waals surface area contributed by atoms with Crippen LogP contribution in [0.15, 0.2) is 0 Å². The second kappa shape index (κ2) is 5.47. The molecule has 1 aliphatic rings. The molecule has 1 atom stereocenters. The summed E-state index contributed by atoms with van der Waals surface area (Å²) in [6.07, 6.45) is 1.62. The van der Waals surface area contributed by atoms with Crippen LogP contribution in [-0.4, -0.2) is 35.7 Å². The first-order valence-corrected chi connectivity index (χ1v) is 5.71. The summed E-state index contributed by atoms with van der Waals surface area (Å²) < 4.78 is 0. The van der Waals surface area contributed by atoms with Crippen molar-refractivity contribution in [2.75, 3.05) is 6.54 Å². The van der Waals surface area contributed by atoms with E-state index in [1.54, 1.807) is 0 Å². The van der Waals surface area contributed by atoms with Crippen LogP contribution in [0, 0.1) is 5.92 Å². The van der Waals surface area contributed by atoms with E-state index in [9.17, 15) is 4.79 Å². The van der Waals surface area contributed by atoms with Crippen LogP contribution in [0.2, 0.25) is 0 Å². The van der Waals surface area contributed by atoms with Gasteiger partial charge in [0.05, 0.1) is 12.1 Å². The largest absolute Gasteiger partial charge is 0.393 e. The van der Waals surface area contributed by atoms with Gasteiger partial charge in [-0.1, -0.05) is 0 Å². The van der Waals surface area contributed by atoms with Crippen LogP contribution in [0.5, 0.6) is 0 Å². The van der Waals surface area contributed by atoms with E-state index in [4.69, 9.17) is 5.11 Å². The molecule has 0 spiro atoms. The number of hydrogen-bond donors (Lipinski definition) is 3. The third kappa shape index (κ3) is 4.18. The highest BCUT2D eigenvalue weighted by atomic mass is 16.3. The molecule has 0 radical (unpaired) electrons. The molecule has 0 aromatic heterocycles. The number of nitrogens with one attached hydrogen (secondary N) is 2. The molecule has 4 heteroatoms. The maximum atomic E-state index is 11.5. The number of aliphatic hydroxyl groups is 1. The Kier molecular flexibility index (Phi) is 4.54. The SMILES string of the molecule is CC(C)NC(=O)C(C)NCC1CC(O)C1. The predicted octanol–water partition coefficient (Wildman–Crippen LogP) is 0.260. The first-order chi connectivity index (χ1) is 6.99. The van der Waals surface area contributed by atoms with Gasteiger partial charge in [-0.2, -0.15) is 0 Å². The molecule has 0 aromatic carbocycles. The van der Waals surface area contributed by atoms with Crippen molar-refractivity contribution in [3.63, 3.8) is 0 Å². The van der Waals surface area contributed by atoms with Crippen LogP contribution in [-0.2, 0) is 4.79 Å². The topological polar surface area (TPSA) is 61.4 Å². The lowest BCUT2D eigenvalue weighted by atomic mass is 9.82. The number of rotatable bonds is 5. The fourth-order valence-electron chi connectivity index (χ4n) is 1.71. The normalized spacial score (nSPS) is 27.3. The first kappa shape index (κ1) is 12.5. The van der Waals surface area contributed by atoms with Crippen LogP contribution in [0.4, 0.5) is 0 Å². The quantitative estimate of drug-likeness (QED) is 0.615. The molecule has 1 fully saturated rings. The summed E-state index contributed by atoms with van der Waals surface area (Å²) in [4.78, 5) is 11.5. The second-order valence-electron chi connectivity index (χ2n) is 4.78. The minimum Gasteiger partial charge on any atom is -0.393 e. The Labute approximate surface area is 91.4 Å². The number of hydrogen-bond acceptors (Lipinski definition) is 3. The van der Waals surface area contributed by atoms with Crippen molar-refractivity contribution in [1.29, 1.82) is 0 Å². The number of aliphatic hydroxyl groups excluding tert-OH is 1. The molecule has 15 heavy (non-hydrogen) atoms. The van der Waals surface area contributed by atoms with E-state index in [2.05, 4.69) is 10.6 Å². The van der Waals surface area contributed by atoms with E-state index in [-0.39, 0.29) is 24.1 Å². The molecule has 4 nitrogen and oxygen atoms in total. The van der Waals surface area contributed by atoms with Gasteiger partial charge in [0, 0.05) is 6.04 Å². The van der Waals surface area contributed by atoms with Crippen molar-refractivity contribution in [2.45, 2.75) is 51.8 Å². The van der Waals surface area contributed by atoms with Crippen LogP contribution in [0.1, 0.15) is 33.6 Å². The second-order valence-corrected chi connectivity index (χ2v) is 4.78. The lowest BCUT2D eigenvalue weighted by molar-refractivity contribution is -0.123. The molecule has 0 aliphatic heterocycles. The smallest absolute Gasteiger partial charge is 0.237 e. The van der Waals surface area contributed by atoms with Crippen LogP contribution >= 0.6 is 0 Å². The fraction of sp³-hybridized carbons (Fsp3) is 0.909. The number of carbonyl (C=O) groups excluding carboxylic acids is 1. The van der Waals surface area contributed by atoms with Crippen molar-refractivity contribution in [1.82, 2.24) is 10.6 Å². The van der Waals surface area contributed by atoms with E-state index in [1.807, 2.05) is 20.8 Å². The molecule has 1 amide bonds. The van der Waals surface area contributed by atoms with Gasteiger partial charge < -0.3 is 15.7 Å². The Morgan fingerprint density at radius 2 is 2.00 bits per heavy atom. The maximum absolute atomic E-state index is 11.5. The Balaban J connectivity index is 2.12. The highest BCUT2D eigenvalue weighted by molar-refractivity contribution is 5.81. The zero-order valence-electron chi connectivity index (χ0n) is 9.79. The summed E-state index contributed by atoms with van der Waals surface area (Å²) >= 11 is 0. The van der Waals surface area contributed by atoms with Gasteiger partial charge in [-0.15, -0.1) is 0 Å². The molecule has 0 aromatic rings. The molecule has 1 unspecified atom stereocenters. The molecular weight excluding hydrogens is 192 g/mol. The monoisotopic (exact) mass is 214 g/mol. The maximum Gasteiger partial charge on any atom is 0.237 e. The summed E-state index contributed by atoms with van der Waals surface area (Å²) in [7, 11) is 0. The van der Waals surface area contributed by atoms with Gasteiger partial charge in [0.15, 0.2) is 0 Å². The molecule has 0 saturated heterocycles. The van der Waals surface area contributed by atoms with Crippen molar-refractivity contribution in [3.8, 4) is 0 Å². The lowest BCUT2D eigenvalue weighted by Crippen LogP contribution is -2.47. The number of amides is 1. The predicted molar refractivity (Wildman–Crippen MR) is 59.5 cm³/mol. The Morgan fingerprint density at radius 1 is 1.40 bits per heavy atom. The summed E-state index contributed by atoms with van der Waals surface area (Å²) in [5.74, 6) is 0.583. The number of carbonyl (C=O) groups is 1. The summed E-state index contributed by atoms with van der Waals surface area (Å²) in [6, 6.07) is 0.0393. The zero-order valence-corrected chi connectivity index (χ0v) is 9.79. The van der Waals surface area contributed by atoms with Gasteiger partial charge in [-0.25, -0.2) is 0 Å².